The average Bonchev–Trinajstić information content (AvgIpc) is 1.99. The van der Waals surface area contributed by atoms with Gasteiger partial charge in [0, 0.05) is 0 Å². The molecule has 0 saturated heterocycles. The molecule has 0 aromatic carbocycles. The van der Waals surface area contributed by atoms with Gasteiger partial charge in [-0.15, -0.1) is 0 Å². The zero-order valence-corrected chi connectivity index (χ0v) is 7.50. The van der Waals surface area contributed by atoms with Crippen molar-refractivity contribution in [1.29, 1.82) is 0 Å². The molecule has 11 heavy (non-hydrogen) atoms. The molecule has 0 fully saturated rings. The Bertz CT molecular complexity index is 299. The fraction of sp³-hybridized carbons (Fsp3) is 0.333. The Morgan fingerprint density at radius 2 is 2.55 bits per heavy atom. The van der Waals surface area contributed by atoms with E-state index in [0.29, 0.717) is 16.9 Å². The highest BCUT2D eigenvalue weighted by Crippen LogP contribution is 2.16. The lowest BCUT2D eigenvalue weighted by molar-refractivity contribution is 0.336. The van der Waals surface area contributed by atoms with Crippen LogP contribution in [0.3, 0.4) is 0 Å². The number of H-pyrrole nitrogens is 1. The zero-order valence-electron chi connectivity index (χ0n) is 5.93. The third-order valence-corrected chi connectivity index (χ3v) is 1.85. The smallest absolute Gasteiger partial charge is 0.171 e. The van der Waals surface area contributed by atoms with Crippen LogP contribution in [0.4, 0.5) is 0 Å². The van der Waals surface area contributed by atoms with Gasteiger partial charge in [0.2, 0.25) is 0 Å². The van der Waals surface area contributed by atoms with Crippen LogP contribution < -0.4 is 4.74 Å². The molecule has 0 unspecified atom stereocenters. The van der Waals surface area contributed by atoms with Crippen molar-refractivity contribution in [1.82, 2.24) is 10.2 Å². The van der Waals surface area contributed by atoms with Crippen molar-refractivity contribution >= 4 is 23.8 Å². The molecule has 0 spiro atoms. The molecule has 0 bridgehead atoms. The summed E-state index contributed by atoms with van der Waals surface area (Å²) in [6.45, 7) is 2.45. The first kappa shape index (κ1) is 8.49. The quantitative estimate of drug-likeness (QED) is 0.727. The topological polar surface area (TPSA) is 37.9 Å². The van der Waals surface area contributed by atoms with Crippen LogP contribution in [0, 0.1) is 4.51 Å². The van der Waals surface area contributed by atoms with Gasteiger partial charge >= 0.3 is 0 Å². The normalized spacial score (nSPS) is 9.64. The Balaban J connectivity index is 3.07. The van der Waals surface area contributed by atoms with Crippen molar-refractivity contribution in [2.24, 2.45) is 0 Å². The van der Waals surface area contributed by atoms with E-state index in [-0.39, 0.29) is 5.15 Å². The third kappa shape index (κ3) is 1.91. The highest BCUT2D eigenvalue weighted by Gasteiger charge is 1.99. The summed E-state index contributed by atoms with van der Waals surface area (Å²) in [7, 11) is 0. The molecule has 0 radical (unpaired) electrons. The molecule has 1 aromatic heterocycles. The van der Waals surface area contributed by atoms with Crippen LogP contribution in [0.15, 0.2) is 6.20 Å². The predicted molar refractivity (Wildman–Crippen MR) is 45.6 cm³/mol. The number of hydrogen-bond acceptors (Lipinski definition) is 3. The Morgan fingerprint density at radius 1 is 1.82 bits per heavy atom. The highest BCUT2D eigenvalue weighted by atomic mass is 35.5. The van der Waals surface area contributed by atoms with E-state index in [9.17, 15) is 0 Å². The SMILES string of the molecule is CCOc1c[nH]nc(Cl)c1=S. The number of rotatable bonds is 2. The second kappa shape index (κ2) is 3.69. The van der Waals surface area contributed by atoms with Crippen molar-refractivity contribution in [3.05, 3.63) is 15.9 Å². The van der Waals surface area contributed by atoms with E-state index in [2.05, 4.69) is 10.2 Å². The second-order valence-electron chi connectivity index (χ2n) is 1.80. The first-order valence-corrected chi connectivity index (χ1v) is 3.90. The molecule has 0 aliphatic rings. The maximum absolute atomic E-state index is 5.62. The van der Waals surface area contributed by atoms with Gasteiger partial charge in [-0.3, -0.25) is 5.10 Å². The standard InChI is InChI=1S/C6H7ClN2OS/c1-2-10-4-3-8-9-6(7)5(4)11/h3H,2H2,1H3,(H,8,11). The molecule has 0 aliphatic heterocycles. The molecule has 60 valence electrons. The number of hydrogen-bond donors (Lipinski definition) is 1. The largest absolute Gasteiger partial charge is 0.491 e. The van der Waals surface area contributed by atoms with Crippen LogP contribution in [-0.2, 0) is 0 Å². The molecule has 1 rings (SSSR count). The molecule has 1 aromatic rings. The number of nitrogens with one attached hydrogen (secondary N) is 1. The lowest BCUT2D eigenvalue weighted by atomic mass is 10.5. The van der Waals surface area contributed by atoms with Crippen molar-refractivity contribution in [2.45, 2.75) is 6.92 Å². The van der Waals surface area contributed by atoms with E-state index in [4.69, 9.17) is 28.6 Å². The summed E-state index contributed by atoms with van der Waals surface area (Å²) in [5.74, 6) is 0.572. The Kier molecular flexibility index (Phi) is 2.84. The molecule has 1 heterocycles. The minimum Gasteiger partial charge on any atom is -0.491 e. The first-order valence-electron chi connectivity index (χ1n) is 3.12. The van der Waals surface area contributed by atoms with E-state index in [1.54, 1.807) is 6.20 Å². The summed E-state index contributed by atoms with van der Waals surface area (Å²) in [6, 6.07) is 0. The van der Waals surface area contributed by atoms with E-state index in [1.807, 2.05) is 6.92 Å². The third-order valence-electron chi connectivity index (χ3n) is 1.07. The fourth-order valence-electron chi connectivity index (χ4n) is 0.628. The average molecular weight is 191 g/mol. The number of aromatic nitrogens is 2. The number of nitrogens with zero attached hydrogens (tertiary/aromatic N) is 1. The lowest BCUT2D eigenvalue weighted by Crippen LogP contribution is -1.94. The van der Waals surface area contributed by atoms with Crippen LogP contribution in [0.2, 0.25) is 5.15 Å². The molecule has 0 saturated carbocycles. The summed E-state index contributed by atoms with van der Waals surface area (Å²) in [5, 5.41) is 6.53. The van der Waals surface area contributed by atoms with Crippen molar-refractivity contribution in [3.63, 3.8) is 0 Å². The molecule has 0 atom stereocenters. The monoisotopic (exact) mass is 190 g/mol. The van der Waals surface area contributed by atoms with Gasteiger partial charge in [0.15, 0.2) is 10.9 Å². The van der Waals surface area contributed by atoms with Crippen LogP contribution in [0.25, 0.3) is 0 Å². The van der Waals surface area contributed by atoms with E-state index in [0.717, 1.165) is 0 Å². The van der Waals surface area contributed by atoms with E-state index in [1.165, 1.54) is 0 Å². The minimum absolute atomic E-state index is 0.269. The summed E-state index contributed by atoms with van der Waals surface area (Å²) < 4.78 is 5.61. The summed E-state index contributed by atoms with van der Waals surface area (Å²) in [6.07, 6.45) is 1.58. The Morgan fingerprint density at radius 3 is 3.18 bits per heavy atom. The van der Waals surface area contributed by atoms with Gasteiger partial charge in [0.25, 0.3) is 0 Å². The summed E-state index contributed by atoms with van der Waals surface area (Å²) in [5.41, 5.74) is 0. The van der Waals surface area contributed by atoms with Gasteiger partial charge < -0.3 is 4.74 Å². The van der Waals surface area contributed by atoms with E-state index >= 15 is 0 Å². The molecule has 5 heteroatoms. The van der Waals surface area contributed by atoms with Gasteiger partial charge in [0.05, 0.1) is 12.8 Å². The number of ether oxygens (including phenoxy) is 1. The van der Waals surface area contributed by atoms with Gasteiger partial charge in [-0.2, -0.15) is 5.10 Å². The van der Waals surface area contributed by atoms with Crippen LogP contribution >= 0.6 is 23.8 Å². The Labute approximate surface area is 74.3 Å². The number of halogens is 1. The van der Waals surface area contributed by atoms with Gasteiger partial charge in [-0.05, 0) is 6.92 Å². The minimum atomic E-state index is 0.269. The first-order chi connectivity index (χ1) is 5.25. The molecule has 1 N–H and O–H groups in total. The van der Waals surface area contributed by atoms with Gasteiger partial charge in [-0.25, -0.2) is 0 Å². The lowest BCUT2D eigenvalue weighted by Gasteiger charge is -2.01. The maximum atomic E-state index is 5.62. The zero-order chi connectivity index (χ0) is 8.27. The molecular weight excluding hydrogens is 184 g/mol. The van der Waals surface area contributed by atoms with Crippen molar-refractivity contribution in [2.75, 3.05) is 6.61 Å². The van der Waals surface area contributed by atoms with Gasteiger partial charge in [0.1, 0.15) is 4.51 Å². The van der Waals surface area contributed by atoms with Crippen LogP contribution in [0.5, 0.6) is 5.75 Å². The summed E-state index contributed by atoms with van der Waals surface area (Å²) in [4.78, 5) is 0. The molecular formula is C6H7ClN2OS. The maximum Gasteiger partial charge on any atom is 0.171 e. The second-order valence-corrected chi connectivity index (χ2v) is 2.57. The summed E-state index contributed by atoms with van der Waals surface area (Å²) >= 11 is 10.5. The fourth-order valence-corrected chi connectivity index (χ4v) is 0.934. The Hall–Kier alpha value is -0.610. The molecule has 3 nitrogen and oxygen atoms in total. The molecule has 0 amide bonds. The van der Waals surface area contributed by atoms with Crippen LogP contribution in [0.1, 0.15) is 6.92 Å². The highest BCUT2D eigenvalue weighted by molar-refractivity contribution is 7.71. The van der Waals surface area contributed by atoms with Gasteiger partial charge in [-0.1, -0.05) is 23.8 Å². The van der Waals surface area contributed by atoms with Crippen LogP contribution in [-0.4, -0.2) is 16.8 Å². The molecule has 0 aliphatic carbocycles. The predicted octanol–water partition coefficient (Wildman–Crippen LogP) is 2.19. The van der Waals surface area contributed by atoms with E-state index < -0.39 is 0 Å². The number of aromatic amines is 1. The van der Waals surface area contributed by atoms with Crippen molar-refractivity contribution < 1.29 is 4.74 Å². The van der Waals surface area contributed by atoms with Crippen molar-refractivity contribution in [3.8, 4) is 5.75 Å².